The van der Waals surface area contributed by atoms with E-state index < -0.39 is 12.0 Å². The van der Waals surface area contributed by atoms with Gasteiger partial charge in [-0.2, -0.15) is 0 Å². The van der Waals surface area contributed by atoms with Crippen LogP contribution in [0.25, 0.3) is 10.8 Å². The highest BCUT2D eigenvalue weighted by atomic mass is 32.2. The Morgan fingerprint density at radius 2 is 2.04 bits per heavy atom. The zero-order chi connectivity index (χ0) is 17.6. The summed E-state index contributed by atoms with van der Waals surface area (Å²) in [6.07, 6.45) is 4.22. The number of aliphatic hydroxyl groups excluding tert-OH is 1. The molecule has 0 radical (unpaired) electrons. The number of rotatable bonds is 8. The third-order valence-corrected chi connectivity index (χ3v) is 5.16. The number of primary amides is 1. The Kier molecular flexibility index (Phi) is 5.73. The van der Waals surface area contributed by atoms with Crippen molar-refractivity contribution in [3.8, 4) is 0 Å². The number of nitrogens with zero attached hydrogens (tertiary/aromatic N) is 2. The summed E-state index contributed by atoms with van der Waals surface area (Å²) in [4.78, 5) is 16.2. The molecule has 1 atom stereocenters. The number of carbonyl (C=O) groups is 1. The van der Waals surface area contributed by atoms with Crippen molar-refractivity contribution in [3.63, 3.8) is 0 Å². The topological polar surface area (TPSA) is 81.1 Å². The second-order valence-electron chi connectivity index (χ2n) is 5.94. The third-order valence-electron chi connectivity index (χ3n) is 4.00. The van der Waals surface area contributed by atoms with E-state index in [1.807, 2.05) is 17.8 Å². The maximum atomic E-state index is 11.0. The SMILES string of the molecule is NC(=O)c1cn(CC(O)CCCSc2cccc3ccccc23)cn1. The molecule has 0 saturated heterocycles. The minimum Gasteiger partial charge on any atom is -0.391 e. The number of carbonyl (C=O) groups excluding carboxylic acids is 1. The first-order valence-corrected chi connectivity index (χ1v) is 9.22. The Labute approximate surface area is 150 Å². The fourth-order valence-corrected chi connectivity index (χ4v) is 3.79. The molecule has 25 heavy (non-hydrogen) atoms. The van der Waals surface area contributed by atoms with E-state index in [9.17, 15) is 9.90 Å². The minimum atomic E-state index is -0.556. The molecular formula is C19H21N3O2S. The number of aliphatic hydroxyl groups is 1. The van der Waals surface area contributed by atoms with Gasteiger partial charge in [0.15, 0.2) is 0 Å². The van der Waals surface area contributed by atoms with E-state index in [1.54, 1.807) is 10.8 Å². The Morgan fingerprint density at radius 1 is 1.24 bits per heavy atom. The van der Waals surface area contributed by atoms with Crippen LogP contribution >= 0.6 is 11.8 Å². The van der Waals surface area contributed by atoms with E-state index in [4.69, 9.17) is 5.73 Å². The highest BCUT2D eigenvalue weighted by Gasteiger charge is 2.09. The van der Waals surface area contributed by atoms with Crippen LogP contribution in [0.1, 0.15) is 23.3 Å². The average molecular weight is 355 g/mol. The van der Waals surface area contributed by atoms with Crippen molar-refractivity contribution in [1.82, 2.24) is 9.55 Å². The molecule has 0 fully saturated rings. The van der Waals surface area contributed by atoms with Crippen LogP contribution in [-0.4, -0.2) is 32.4 Å². The van der Waals surface area contributed by atoms with Crippen LogP contribution in [0.4, 0.5) is 0 Å². The highest BCUT2D eigenvalue weighted by Crippen LogP contribution is 2.28. The van der Waals surface area contributed by atoms with Crippen LogP contribution in [0.3, 0.4) is 0 Å². The molecule has 3 aromatic rings. The largest absolute Gasteiger partial charge is 0.391 e. The molecule has 6 heteroatoms. The van der Waals surface area contributed by atoms with Gasteiger partial charge >= 0.3 is 0 Å². The normalized spacial score (nSPS) is 12.4. The van der Waals surface area contributed by atoms with Gasteiger partial charge in [0.2, 0.25) is 0 Å². The molecule has 3 N–H and O–H groups in total. The van der Waals surface area contributed by atoms with Crippen LogP contribution < -0.4 is 5.73 Å². The third kappa shape index (κ3) is 4.61. The Bertz CT molecular complexity index is 857. The lowest BCUT2D eigenvalue weighted by atomic mass is 10.1. The van der Waals surface area contributed by atoms with E-state index in [2.05, 4.69) is 41.4 Å². The van der Waals surface area contributed by atoms with E-state index >= 15 is 0 Å². The summed E-state index contributed by atoms with van der Waals surface area (Å²) >= 11 is 1.81. The summed E-state index contributed by atoms with van der Waals surface area (Å²) in [5.41, 5.74) is 5.39. The molecule has 0 bridgehead atoms. The van der Waals surface area contributed by atoms with Crippen molar-refractivity contribution in [2.45, 2.75) is 30.4 Å². The Balaban J connectivity index is 1.46. The summed E-state index contributed by atoms with van der Waals surface area (Å²) in [5.74, 6) is 0.390. The van der Waals surface area contributed by atoms with Crippen molar-refractivity contribution < 1.29 is 9.90 Å². The highest BCUT2D eigenvalue weighted by molar-refractivity contribution is 7.99. The van der Waals surface area contributed by atoms with Gasteiger partial charge < -0.3 is 15.4 Å². The predicted octanol–water partition coefficient (Wildman–Crippen LogP) is 3.07. The van der Waals surface area contributed by atoms with Crippen LogP contribution in [0.5, 0.6) is 0 Å². The van der Waals surface area contributed by atoms with Gasteiger partial charge in [0.1, 0.15) is 5.69 Å². The Morgan fingerprint density at radius 3 is 2.84 bits per heavy atom. The van der Waals surface area contributed by atoms with Gasteiger partial charge in [0.05, 0.1) is 12.4 Å². The molecule has 130 valence electrons. The van der Waals surface area contributed by atoms with Crippen LogP contribution in [-0.2, 0) is 6.54 Å². The first-order valence-electron chi connectivity index (χ1n) is 8.23. The van der Waals surface area contributed by atoms with Gasteiger partial charge in [-0.05, 0) is 35.4 Å². The quantitative estimate of drug-likeness (QED) is 0.481. The summed E-state index contributed by atoms with van der Waals surface area (Å²) in [6, 6.07) is 14.7. The minimum absolute atomic E-state index is 0.221. The van der Waals surface area contributed by atoms with Crippen LogP contribution in [0.15, 0.2) is 59.9 Å². The molecule has 5 nitrogen and oxygen atoms in total. The van der Waals surface area contributed by atoms with Crippen LogP contribution in [0.2, 0.25) is 0 Å². The summed E-state index contributed by atoms with van der Waals surface area (Å²) < 4.78 is 1.70. The first-order chi connectivity index (χ1) is 12.1. The molecule has 0 saturated carbocycles. The summed E-state index contributed by atoms with van der Waals surface area (Å²) in [7, 11) is 0. The van der Waals surface area contributed by atoms with E-state index in [1.165, 1.54) is 22.0 Å². The maximum absolute atomic E-state index is 11.0. The molecular weight excluding hydrogens is 334 g/mol. The van der Waals surface area contributed by atoms with Crippen molar-refractivity contribution in [1.29, 1.82) is 0 Å². The van der Waals surface area contributed by atoms with E-state index in [0.29, 0.717) is 13.0 Å². The molecule has 0 spiro atoms. The lowest BCUT2D eigenvalue weighted by Gasteiger charge is -2.11. The average Bonchev–Trinajstić information content (AvgIpc) is 3.07. The predicted molar refractivity (Wildman–Crippen MR) is 101 cm³/mol. The van der Waals surface area contributed by atoms with Gasteiger partial charge in [-0.3, -0.25) is 4.79 Å². The van der Waals surface area contributed by atoms with Gasteiger partial charge in [0.25, 0.3) is 5.91 Å². The number of hydrogen-bond acceptors (Lipinski definition) is 4. The second kappa shape index (κ2) is 8.18. The lowest BCUT2D eigenvalue weighted by molar-refractivity contribution is 0.0995. The van der Waals surface area contributed by atoms with E-state index in [-0.39, 0.29) is 5.69 Å². The fourth-order valence-electron chi connectivity index (χ4n) is 2.74. The number of amides is 1. The van der Waals surface area contributed by atoms with Gasteiger partial charge in [-0.25, -0.2) is 4.98 Å². The summed E-state index contributed by atoms with van der Waals surface area (Å²) in [5, 5.41) is 12.7. The molecule has 1 amide bonds. The molecule has 0 aliphatic rings. The smallest absolute Gasteiger partial charge is 0.268 e. The van der Waals surface area contributed by atoms with Crippen molar-refractivity contribution >= 4 is 28.4 Å². The number of hydrogen-bond donors (Lipinski definition) is 2. The lowest BCUT2D eigenvalue weighted by Crippen LogP contribution is -2.15. The van der Waals surface area contributed by atoms with Gasteiger partial charge in [-0.1, -0.05) is 36.4 Å². The fraction of sp³-hybridized carbons (Fsp3) is 0.263. The molecule has 0 aliphatic heterocycles. The first kappa shape index (κ1) is 17.5. The van der Waals surface area contributed by atoms with Crippen LogP contribution in [0, 0.1) is 0 Å². The maximum Gasteiger partial charge on any atom is 0.268 e. The number of imidazole rings is 1. The van der Waals surface area contributed by atoms with Crippen molar-refractivity contribution in [3.05, 3.63) is 60.7 Å². The molecule has 1 unspecified atom stereocenters. The number of aromatic nitrogens is 2. The van der Waals surface area contributed by atoms with Crippen molar-refractivity contribution in [2.24, 2.45) is 5.73 Å². The number of thioether (sulfide) groups is 1. The Hall–Kier alpha value is -2.31. The van der Waals surface area contributed by atoms with E-state index in [0.717, 1.165) is 12.2 Å². The van der Waals surface area contributed by atoms with Gasteiger partial charge in [0, 0.05) is 17.6 Å². The zero-order valence-electron chi connectivity index (χ0n) is 13.8. The molecule has 1 heterocycles. The molecule has 0 aliphatic carbocycles. The van der Waals surface area contributed by atoms with Gasteiger partial charge in [-0.15, -0.1) is 11.8 Å². The molecule has 1 aromatic heterocycles. The standard InChI is InChI=1S/C19H21N3O2S/c20-19(24)17-12-22(13-21-17)11-15(23)7-4-10-25-18-9-3-6-14-5-1-2-8-16(14)18/h1-3,5-6,8-9,12-13,15,23H,4,7,10-11H2,(H2,20,24). The number of nitrogens with two attached hydrogens (primary N) is 1. The van der Waals surface area contributed by atoms with Crippen molar-refractivity contribution in [2.75, 3.05) is 5.75 Å². The number of benzene rings is 2. The second-order valence-corrected chi connectivity index (χ2v) is 7.08. The number of fused-ring (bicyclic) bond motifs is 1. The molecule has 2 aromatic carbocycles. The zero-order valence-corrected chi connectivity index (χ0v) is 14.7. The monoisotopic (exact) mass is 355 g/mol. The summed E-state index contributed by atoms with van der Waals surface area (Å²) in [6.45, 7) is 0.416. The molecule has 3 rings (SSSR count).